The second-order valence-electron chi connectivity index (χ2n) is 6.88. The fourth-order valence-corrected chi connectivity index (χ4v) is 5.31. The van der Waals surface area contributed by atoms with Gasteiger partial charge in [-0.15, -0.1) is 0 Å². The van der Waals surface area contributed by atoms with Gasteiger partial charge < -0.3 is 9.64 Å². The average molecular weight is 421 g/mol. The lowest BCUT2D eigenvalue weighted by molar-refractivity contribution is 0.0730. The van der Waals surface area contributed by atoms with Crippen molar-refractivity contribution in [2.45, 2.75) is 17.7 Å². The first-order valence-corrected chi connectivity index (χ1v) is 11.1. The number of ether oxygens (including phenoxy) is 1. The molecule has 6 nitrogen and oxygen atoms in total. The number of carbonyl (C=O) groups is 1. The number of benzene rings is 2. The average Bonchev–Trinajstić information content (AvgIpc) is 2.73. The summed E-state index contributed by atoms with van der Waals surface area (Å²) < 4.78 is 32.6. The van der Waals surface area contributed by atoms with Gasteiger partial charge in [-0.3, -0.25) is 4.79 Å². The van der Waals surface area contributed by atoms with Crippen molar-refractivity contribution >= 4 is 33.2 Å². The van der Waals surface area contributed by atoms with Gasteiger partial charge in [0.1, 0.15) is 0 Å². The normalized spacial score (nSPS) is 18.0. The van der Waals surface area contributed by atoms with Gasteiger partial charge in [0.15, 0.2) is 0 Å². The smallest absolute Gasteiger partial charge is 0.258 e. The number of nitrogens with zero attached hydrogens (tertiary/aromatic N) is 2. The van der Waals surface area contributed by atoms with Gasteiger partial charge in [-0.05, 0) is 54.8 Å². The molecule has 2 aromatic carbocycles. The van der Waals surface area contributed by atoms with Crippen molar-refractivity contribution in [1.82, 2.24) is 4.31 Å². The Morgan fingerprint density at radius 2 is 1.82 bits per heavy atom. The molecule has 8 heteroatoms. The van der Waals surface area contributed by atoms with E-state index in [-0.39, 0.29) is 10.8 Å². The summed E-state index contributed by atoms with van der Waals surface area (Å²) in [6.07, 6.45) is 1.52. The zero-order valence-corrected chi connectivity index (χ0v) is 16.9. The van der Waals surface area contributed by atoms with E-state index in [4.69, 9.17) is 16.3 Å². The summed E-state index contributed by atoms with van der Waals surface area (Å²) in [4.78, 5) is 14.9. The van der Waals surface area contributed by atoms with E-state index in [0.29, 0.717) is 43.4 Å². The molecular formula is C20H21ClN2O4S. The third-order valence-corrected chi connectivity index (χ3v) is 7.22. The highest BCUT2D eigenvalue weighted by Gasteiger charge is 2.29. The third kappa shape index (κ3) is 3.67. The first-order valence-electron chi connectivity index (χ1n) is 9.25. The van der Waals surface area contributed by atoms with Crippen LogP contribution in [0.25, 0.3) is 0 Å². The van der Waals surface area contributed by atoms with E-state index in [9.17, 15) is 13.2 Å². The molecule has 1 saturated heterocycles. The zero-order chi connectivity index (χ0) is 19.7. The van der Waals surface area contributed by atoms with Crippen LogP contribution in [0.2, 0.25) is 5.02 Å². The number of anilines is 1. The van der Waals surface area contributed by atoms with Crippen molar-refractivity contribution in [3.05, 3.63) is 58.6 Å². The quantitative estimate of drug-likeness (QED) is 0.765. The molecular weight excluding hydrogens is 400 g/mol. The van der Waals surface area contributed by atoms with Gasteiger partial charge in [0.05, 0.1) is 18.1 Å². The maximum atomic E-state index is 13.0. The number of halogens is 1. The first kappa shape index (κ1) is 19.4. The van der Waals surface area contributed by atoms with Crippen molar-refractivity contribution < 1.29 is 17.9 Å². The predicted octanol–water partition coefficient (Wildman–Crippen LogP) is 2.95. The predicted molar refractivity (Wildman–Crippen MR) is 107 cm³/mol. The standard InChI is InChI=1S/C20H21ClN2O4S/c21-17-5-1-3-16(13-17)20(24)23-8-2-4-15-14-18(6-7-19(15)23)28(25,26)22-9-11-27-12-10-22/h1,3,5-7,13-14H,2,4,8-12H2. The van der Waals surface area contributed by atoms with Crippen LogP contribution in [0.15, 0.2) is 47.4 Å². The van der Waals surface area contributed by atoms with Crippen molar-refractivity contribution in [1.29, 1.82) is 0 Å². The second-order valence-corrected chi connectivity index (χ2v) is 9.25. The highest BCUT2D eigenvalue weighted by molar-refractivity contribution is 7.89. The second kappa shape index (κ2) is 7.83. The monoisotopic (exact) mass is 420 g/mol. The van der Waals surface area contributed by atoms with E-state index in [1.807, 2.05) is 0 Å². The number of aryl methyl sites for hydroxylation is 1. The fourth-order valence-electron chi connectivity index (χ4n) is 3.66. The van der Waals surface area contributed by atoms with Gasteiger partial charge in [-0.2, -0.15) is 4.31 Å². The SMILES string of the molecule is O=C(c1cccc(Cl)c1)N1CCCc2cc(S(=O)(=O)N3CCOCC3)ccc21. The molecule has 1 amide bonds. The Hall–Kier alpha value is -1.93. The van der Waals surface area contributed by atoms with E-state index in [0.717, 1.165) is 24.1 Å². The Morgan fingerprint density at radius 1 is 1.04 bits per heavy atom. The summed E-state index contributed by atoms with van der Waals surface area (Å²) in [6.45, 7) is 2.13. The highest BCUT2D eigenvalue weighted by atomic mass is 35.5. The van der Waals surface area contributed by atoms with Gasteiger partial charge in [0.2, 0.25) is 10.0 Å². The molecule has 28 heavy (non-hydrogen) atoms. The number of amides is 1. The lowest BCUT2D eigenvalue weighted by atomic mass is 10.0. The summed E-state index contributed by atoms with van der Waals surface area (Å²) in [6, 6.07) is 11.9. The van der Waals surface area contributed by atoms with Crippen LogP contribution in [0.5, 0.6) is 0 Å². The van der Waals surface area contributed by atoms with Crippen molar-refractivity contribution in [3.8, 4) is 0 Å². The molecule has 0 radical (unpaired) electrons. The Labute approximate surface area is 169 Å². The van der Waals surface area contributed by atoms with Gasteiger partial charge in [0.25, 0.3) is 5.91 Å². The zero-order valence-electron chi connectivity index (χ0n) is 15.3. The van der Waals surface area contributed by atoms with E-state index >= 15 is 0 Å². The Kier molecular flexibility index (Phi) is 5.42. The molecule has 2 heterocycles. The number of carbonyl (C=O) groups excluding carboxylic acids is 1. The van der Waals surface area contributed by atoms with Crippen LogP contribution in [-0.2, 0) is 21.2 Å². The van der Waals surface area contributed by atoms with Crippen LogP contribution in [0.3, 0.4) is 0 Å². The molecule has 0 unspecified atom stereocenters. The molecule has 0 aromatic heterocycles. The highest BCUT2D eigenvalue weighted by Crippen LogP contribution is 2.32. The van der Waals surface area contributed by atoms with Crippen LogP contribution in [0, 0.1) is 0 Å². The molecule has 0 bridgehead atoms. The molecule has 2 aliphatic heterocycles. The number of morpholine rings is 1. The van der Waals surface area contributed by atoms with Crippen LogP contribution < -0.4 is 4.90 Å². The van der Waals surface area contributed by atoms with Gasteiger partial charge in [0, 0.05) is 35.9 Å². The molecule has 0 aliphatic carbocycles. The molecule has 4 rings (SSSR count). The molecule has 0 saturated carbocycles. The molecule has 0 N–H and O–H groups in total. The number of fused-ring (bicyclic) bond motifs is 1. The fraction of sp³-hybridized carbons (Fsp3) is 0.350. The number of hydrogen-bond acceptors (Lipinski definition) is 4. The van der Waals surface area contributed by atoms with Gasteiger partial charge in [-0.1, -0.05) is 17.7 Å². The van der Waals surface area contributed by atoms with Crippen LogP contribution in [0.4, 0.5) is 5.69 Å². The van der Waals surface area contributed by atoms with Gasteiger partial charge >= 0.3 is 0 Å². The van der Waals surface area contributed by atoms with Gasteiger partial charge in [-0.25, -0.2) is 8.42 Å². The molecule has 0 atom stereocenters. The van der Waals surface area contributed by atoms with E-state index in [1.165, 1.54) is 4.31 Å². The van der Waals surface area contributed by atoms with Crippen LogP contribution in [-0.4, -0.2) is 51.5 Å². The largest absolute Gasteiger partial charge is 0.379 e. The number of hydrogen-bond donors (Lipinski definition) is 0. The Bertz CT molecular complexity index is 1000. The molecule has 0 spiro atoms. The van der Waals surface area contributed by atoms with E-state index < -0.39 is 10.0 Å². The topological polar surface area (TPSA) is 66.9 Å². The summed E-state index contributed by atoms with van der Waals surface area (Å²) in [5, 5.41) is 0.509. The maximum Gasteiger partial charge on any atom is 0.258 e. The lowest BCUT2D eigenvalue weighted by Crippen LogP contribution is -2.40. The van der Waals surface area contributed by atoms with Crippen LogP contribution in [0.1, 0.15) is 22.3 Å². The lowest BCUT2D eigenvalue weighted by Gasteiger charge is -2.31. The number of rotatable bonds is 3. The summed E-state index contributed by atoms with van der Waals surface area (Å²) in [5.41, 5.74) is 2.15. The third-order valence-electron chi connectivity index (χ3n) is 5.09. The minimum atomic E-state index is -3.56. The minimum Gasteiger partial charge on any atom is -0.379 e. The molecule has 148 valence electrons. The first-order chi connectivity index (χ1) is 13.5. The Balaban J connectivity index is 1.65. The summed E-state index contributed by atoms with van der Waals surface area (Å²) in [5.74, 6) is -0.132. The molecule has 2 aliphatic rings. The maximum absolute atomic E-state index is 13.0. The van der Waals surface area contributed by atoms with Crippen molar-refractivity contribution in [2.24, 2.45) is 0 Å². The van der Waals surface area contributed by atoms with Crippen molar-refractivity contribution in [2.75, 3.05) is 37.7 Å². The molecule has 2 aromatic rings. The summed E-state index contributed by atoms with van der Waals surface area (Å²) >= 11 is 6.02. The summed E-state index contributed by atoms with van der Waals surface area (Å²) in [7, 11) is -3.56. The van der Waals surface area contributed by atoms with Crippen LogP contribution >= 0.6 is 11.6 Å². The Morgan fingerprint density at radius 3 is 2.57 bits per heavy atom. The van der Waals surface area contributed by atoms with E-state index in [2.05, 4.69) is 0 Å². The van der Waals surface area contributed by atoms with Crippen molar-refractivity contribution in [3.63, 3.8) is 0 Å². The minimum absolute atomic E-state index is 0.132. The van der Waals surface area contributed by atoms with E-state index in [1.54, 1.807) is 47.4 Å². The molecule has 1 fully saturated rings. The number of sulfonamides is 1.